The Balaban J connectivity index is 2.07. The maximum absolute atomic E-state index is 5.63. The highest BCUT2D eigenvalue weighted by atomic mass is 32.1. The lowest BCUT2D eigenvalue weighted by Crippen LogP contribution is -2.37. The molecule has 0 saturated carbocycles. The molecule has 2 aromatic carbocycles. The fourth-order valence-electron chi connectivity index (χ4n) is 2.36. The van der Waals surface area contributed by atoms with E-state index in [0.29, 0.717) is 0 Å². The van der Waals surface area contributed by atoms with Crippen molar-refractivity contribution >= 4 is 28.7 Å². The molecule has 0 aliphatic carbocycles. The SMILES string of the molecule is CCCCCCNC(=S)N(c1ccccc1)c1ccccc1. The van der Waals surface area contributed by atoms with E-state index in [1.54, 1.807) is 0 Å². The van der Waals surface area contributed by atoms with Crippen LogP contribution in [0.4, 0.5) is 11.4 Å². The third-order valence-corrected chi connectivity index (χ3v) is 3.87. The lowest BCUT2D eigenvalue weighted by molar-refractivity contribution is 0.654. The van der Waals surface area contributed by atoms with Crippen LogP contribution in [0.1, 0.15) is 32.6 Å². The number of hydrogen-bond donors (Lipinski definition) is 1. The van der Waals surface area contributed by atoms with E-state index in [0.717, 1.165) is 29.5 Å². The van der Waals surface area contributed by atoms with E-state index in [2.05, 4.69) is 41.4 Å². The van der Waals surface area contributed by atoms with E-state index in [-0.39, 0.29) is 0 Å². The number of hydrogen-bond acceptors (Lipinski definition) is 1. The molecule has 3 heteroatoms. The highest BCUT2D eigenvalue weighted by Crippen LogP contribution is 2.24. The molecular formula is C19H24N2S. The molecule has 1 N–H and O–H groups in total. The molecule has 0 fully saturated rings. The van der Waals surface area contributed by atoms with Gasteiger partial charge in [-0.05, 0) is 42.9 Å². The van der Waals surface area contributed by atoms with Gasteiger partial charge in [-0.15, -0.1) is 0 Å². The second kappa shape index (κ2) is 9.21. The van der Waals surface area contributed by atoms with Crippen LogP contribution in [0.5, 0.6) is 0 Å². The van der Waals surface area contributed by atoms with E-state index in [9.17, 15) is 0 Å². The summed E-state index contributed by atoms with van der Waals surface area (Å²) in [6.45, 7) is 3.15. The predicted octanol–water partition coefficient (Wildman–Crippen LogP) is 5.28. The standard InChI is InChI=1S/C19H24N2S/c1-2-3-4-11-16-20-19(22)21(17-12-7-5-8-13-17)18-14-9-6-10-15-18/h5-10,12-15H,2-4,11,16H2,1H3,(H,20,22). The summed E-state index contributed by atoms with van der Waals surface area (Å²) in [4.78, 5) is 2.09. The molecule has 0 saturated heterocycles. The highest BCUT2D eigenvalue weighted by Gasteiger charge is 2.13. The largest absolute Gasteiger partial charge is 0.362 e. The molecule has 116 valence electrons. The zero-order chi connectivity index (χ0) is 15.6. The number of benzene rings is 2. The Morgan fingerprint density at radius 1 is 0.864 bits per heavy atom. The third-order valence-electron chi connectivity index (χ3n) is 3.54. The van der Waals surface area contributed by atoms with E-state index < -0.39 is 0 Å². The number of nitrogens with one attached hydrogen (secondary N) is 1. The number of anilines is 2. The summed E-state index contributed by atoms with van der Waals surface area (Å²) in [6.07, 6.45) is 4.95. The Kier molecular flexibility index (Phi) is 6.91. The van der Waals surface area contributed by atoms with Crippen LogP contribution in [-0.2, 0) is 0 Å². The first-order valence-corrected chi connectivity index (χ1v) is 8.42. The molecule has 22 heavy (non-hydrogen) atoms. The molecule has 0 heterocycles. The first kappa shape index (κ1) is 16.5. The molecule has 0 atom stereocenters. The fourth-order valence-corrected chi connectivity index (χ4v) is 2.68. The second-order valence-electron chi connectivity index (χ2n) is 5.30. The van der Waals surface area contributed by atoms with Gasteiger partial charge in [-0.2, -0.15) is 0 Å². The number of unbranched alkanes of at least 4 members (excludes halogenated alkanes) is 3. The van der Waals surface area contributed by atoms with Crippen LogP contribution >= 0.6 is 12.2 Å². The molecule has 2 rings (SSSR count). The van der Waals surface area contributed by atoms with Crippen LogP contribution in [0.3, 0.4) is 0 Å². The first-order chi connectivity index (χ1) is 10.8. The number of nitrogens with zero attached hydrogens (tertiary/aromatic N) is 1. The van der Waals surface area contributed by atoms with Crippen molar-refractivity contribution in [3.63, 3.8) is 0 Å². The van der Waals surface area contributed by atoms with Crippen molar-refractivity contribution in [1.82, 2.24) is 5.32 Å². The lowest BCUT2D eigenvalue weighted by atomic mass is 10.2. The Hall–Kier alpha value is -1.87. The van der Waals surface area contributed by atoms with Gasteiger partial charge in [-0.1, -0.05) is 62.6 Å². The fraction of sp³-hybridized carbons (Fsp3) is 0.316. The van der Waals surface area contributed by atoms with Crippen LogP contribution in [0.15, 0.2) is 60.7 Å². The summed E-state index contributed by atoms with van der Waals surface area (Å²) in [5.74, 6) is 0. The van der Waals surface area contributed by atoms with E-state index in [1.807, 2.05) is 36.4 Å². The number of rotatable bonds is 7. The van der Waals surface area contributed by atoms with Gasteiger partial charge in [-0.3, -0.25) is 4.90 Å². The Morgan fingerprint density at radius 3 is 1.91 bits per heavy atom. The topological polar surface area (TPSA) is 15.3 Å². The quantitative estimate of drug-likeness (QED) is 0.553. The maximum atomic E-state index is 5.63. The summed E-state index contributed by atoms with van der Waals surface area (Å²) in [5.41, 5.74) is 2.17. The zero-order valence-corrected chi connectivity index (χ0v) is 14.0. The maximum Gasteiger partial charge on any atom is 0.178 e. The predicted molar refractivity (Wildman–Crippen MR) is 99.8 cm³/mol. The first-order valence-electron chi connectivity index (χ1n) is 8.01. The van der Waals surface area contributed by atoms with Gasteiger partial charge in [0.25, 0.3) is 0 Å². The molecule has 0 amide bonds. The molecule has 2 nitrogen and oxygen atoms in total. The molecule has 0 radical (unpaired) electrons. The minimum absolute atomic E-state index is 0.758. The van der Waals surface area contributed by atoms with Gasteiger partial charge in [0.05, 0.1) is 0 Å². The van der Waals surface area contributed by atoms with Gasteiger partial charge in [0.15, 0.2) is 5.11 Å². The highest BCUT2D eigenvalue weighted by molar-refractivity contribution is 7.80. The van der Waals surface area contributed by atoms with E-state index in [1.165, 1.54) is 19.3 Å². The molecule has 0 bridgehead atoms. The zero-order valence-electron chi connectivity index (χ0n) is 13.2. The van der Waals surface area contributed by atoms with E-state index in [4.69, 9.17) is 12.2 Å². The summed E-state index contributed by atoms with van der Waals surface area (Å²) < 4.78 is 0. The average Bonchev–Trinajstić information content (AvgIpc) is 2.57. The molecule has 0 spiro atoms. The van der Waals surface area contributed by atoms with Gasteiger partial charge >= 0.3 is 0 Å². The number of para-hydroxylation sites is 2. The van der Waals surface area contributed by atoms with Crippen molar-refractivity contribution in [1.29, 1.82) is 0 Å². The molecule has 2 aromatic rings. The molecule has 0 aliphatic rings. The second-order valence-corrected chi connectivity index (χ2v) is 5.69. The van der Waals surface area contributed by atoms with Crippen LogP contribution in [0.2, 0.25) is 0 Å². The van der Waals surface area contributed by atoms with Crippen molar-refractivity contribution < 1.29 is 0 Å². The summed E-state index contributed by atoms with van der Waals surface area (Å²) >= 11 is 5.63. The molecular weight excluding hydrogens is 288 g/mol. The normalized spacial score (nSPS) is 10.2. The monoisotopic (exact) mass is 312 g/mol. The van der Waals surface area contributed by atoms with Gasteiger partial charge < -0.3 is 5.32 Å². The summed E-state index contributed by atoms with van der Waals surface area (Å²) in [6, 6.07) is 20.5. The van der Waals surface area contributed by atoms with Crippen LogP contribution in [-0.4, -0.2) is 11.7 Å². The lowest BCUT2D eigenvalue weighted by Gasteiger charge is -2.26. The Morgan fingerprint density at radius 2 is 1.41 bits per heavy atom. The van der Waals surface area contributed by atoms with Crippen molar-refractivity contribution in [3.8, 4) is 0 Å². The van der Waals surface area contributed by atoms with Crippen LogP contribution < -0.4 is 10.2 Å². The Bertz CT molecular complexity index is 515. The summed E-state index contributed by atoms with van der Waals surface area (Å²) in [7, 11) is 0. The van der Waals surface area contributed by atoms with Crippen LogP contribution in [0.25, 0.3) is 0 Å². The van der Waals surface area contributed by atoms with Crippen molar-refractivity contribution in [3.05, 3.63) is 60.7 Å². The van der Waals surface area contributed by atoms with Gasteiger partial charge in [0, 0.05) is 17.9 Å². The minimum Gasteiger partial charge on any atom is -0.362 e. The summed E-state index contributed by atoms with van der Waals surface area (Å²) in [5, 5.41) is 4.15. The molecule has 0 unspecified atom stereocenters. The van der Waals surface area contributed by atoms with Crippen molar-refractivity contribution in [2.75, 3.05) is 11.4 Å². The van der Waals surface area contributed by atoms with Gasteiger partial charge in [0.2, 0.25) is 0 Å². The smallest absolute Gasteiger partial charge is 0.178 e. The van der Waals surface area contributed by atoms with Gasteiger partial charge in [-0.25, -0.2) is 0 Å². The van der Waals surface area contributed by atoms with Gasteiger partial charge in [0.1, 0.15) is 0 Å². The van der Waals surface area contributed by atoms with E-state index >= 15 is 0 Å². The molecule has 0 aliphatic heterocycles. The van der Waals surface area contributed by atoms with Crippen molar-refractivity contribution in [2.24, 2.45) is 0 Å². The minimum atomic E-state index is 0.758. The number of thiocarbonyl (C=S) groups is 1. The van der Waals surface area contributed by atoms with Crippen LogP contribution in [0, 0.1) is 0 Å². The average molecular weight is 312 g/mol. The Labute approximate surface area is 139 Å². The molecule has 0 aromatic heterocycles. The van der Waals surface area contributed by atoms with Crippen molar-refractivity contribution in [2.45, 2.75) is 32.6 Å². The third kappa shape index (κ3) is 4.85.